The lowest BCUT2D eigenvalue weighted by Gasteiger charge is -2.07. The van der Waals surface area contributed by atoms with Crippen molar-refractivity contribution < 1.29 is 4.79 Å². The van der Waals surface area contributed by atoms with Crippen molar-refractivity contribution in [1.29, 1.82) is 0 Å². The van der Waals surface area contributed by atoms with Crippen LogP contribution in [0, 0.1) is 5.92 Å². The molecular formula is C14H17ClO. The van der Waals surface area contributed by atoms with Crippen LogP contribution in [0.3, 0.4) is 0 Å². The van der Waals surface area contributed by atoms with E-state index in [2.05, 4.69) is 0 Å². The minimum absolute atomic E-state index is 0.285. The summed E-state index contributed by atoms with van der Waals surface area (Å²) < 4.78 is 0. The zero-order valence-electron chi connectivity index (χ0n) is 9.42. The van der Waals surface area contributed by atoms with Crippen LogP contribution < -0.4 is 0 Å². The largest absolute Gasteiger partial charge is 0.294 e. The molecule has 0 atom stereocenters. The Kier molecular flexibility index (Phi) is 4.00. The lowest BCUT2D eigenvalue weighted by Crippen LogP contribution is -2.05. The molecule has 1 aliphatic rings. The van der Waals surface area contributed by atoms with Crippen molar-refractivity contribution in [3.05, 3.63) is 35.4 Å². The third-order valence-corrected chi connectivity index (χ3v) is 3.69. The van der Waals surface area contributed by atoms with Gasteiger partial charge in [-0.05, 0) is 11.5 Å². The van der Waals surface area contributed by atoms with E-state index in [0.29, 0.717) is 11.8 Å². The molecule has 0 aliphatic heterocycles. The highest BCUT2D eigenvalue weighted by atomic mass is 35.5. The van der Waals surface area contributed by atoms with Crippen LogP contribution in [0.4, 0.5) is 0 Å². The molecule has 86 valence electrons. The molecule has 2 rings (SSSR count). The fraction of sp³-hybridized carbons (Fsp3) is 0.500. The van der Waals surface area contributed by atoms with Crippen molar-refractivity contribution in [2.45, 2.75) is 38.0 Å². The van der Waals surface area contributed by atoms with E-state index in [1.807, 2.05) is 24.3 Å². The number of benzene rings is 1. The standard InChI is InChI=1S/C14H17ClO/c15-10-12-5-7-13(8-6-12)14(16)9-11-3-1-2-4-11/h5-8,11H,1-4,9-10H2. The number of hydrogen-bond donors (Lipinski definition) is 0. The second-order valence-corrected chi connectivity index (χ2v) is 4.88. The number of rotatable bonds is 4. The summed E-state index contributed by atoms with van der Waals surface area (Å²) in [7, 11) is 0. The van der Waals surface area contributed by atoms with Gasteiger partial charge < -0.3 is 0 Å². The number of alkyl halides is 1. The number of carbonyl (C=O) groups is 1. The summed E-state index contributed by atoms with van der Waals surface area (Å²) in [6, 6.07) is 7.67. The van der Waals surface area contributed by atoms with E-state index in [-0.39, 0.29) is 5.78 Å². The summed E-state index contributed by atoms with van der Waals surface area (Å²) in [5.74, 6) is 1.42. The Labute approximate surface area is 102 Å². The fourth-order valence-electron chi connectivity index (χ4n) is 2.37. The van der Waals surface area contributed by atoms with Crippen molar-refractivity contribution in [2.24, 2.45) is 5.92 Å². The number of ketones is 1. The predicted molar refractivity (Wildman–Crippen MR) is 66.9 cm³/mol. The van der Waals surface area contributed by atoms with E-state index in [1.165, 1.54) is 25.7 Å². The van der Waals surface area contributed by atoms with Crippen LogP contribution in [0.15, 0.2) is 24.3 Å². The third kappa shape index (κ3) is 2.85. The highest BCUT2D eigenvalue weighted by molar-refractivity contribution is 6.17. The SMILES string of the molecule is O=C(CC1CCCC1)c1ccc(CCl)cc1. The first kappa shape index (κ1) is 11.7. The Morgan fingerprint density at radius 2 is 1.81 bits per heavy atom. The van der Waals surface area contributed by atoms with Gasteiger partial charge >= 0.3 is 0 Å². The molecule has 1 fully saturated rings. The van der Waals surface area contributed by atoms with Gasteiger partial charge in [-0.3, -0.25) is 4.79 Å². The zero-order valence-corrected chi connectivity index (χ0v) is 10.2. The molecule has 1 nitrogen and oxygen atoms in total. The number of hydrogen-bond acceptors (Lipinski definition) is 1. The second-order valence-electron chi connectivity index (χ2n) is 4.61. The van der Waals surface area contributed by atoms with E-state index >= 15 is 0 Å². The first-order valence-electron chi connectivity index (χ1n) is 5.97. The van der Waals surface area contributed by atoms with Gasteiger partial charge in [-0.15, -0.1) is 11.6 Å². The maximum Gasteiger partial charge on any atom is 0.163 e. The molecule has 0 aromatic heterocycles. The molecule has 1 aliphatic carbocycles. The first-order chi connectivity index (χ1) is 7.79. The average molecular weight is 237 g/mol. The van der Waals surface area contributed by atoms with Gasteiger partial charge in [0.25, 0.3) is 0 Å². The number of Topliss-reactive ketones (excluding diaryl/α,β-unsaturated/α-hetero) is 1. The minimum Gasteiger partial charge on any atom is -0.294 e. The van der Waals surface area contributed by atoms with Gasteiger partial charge in [0.05, 0.1) is 0 Å². The summed E-state index contributed by atoms with van der Waals surface area (Å²) in [5.41, 5.74) is 1.90. The van der Waals surface area contributed by atoms with Crippen molar-refractivity contribution >= 4 is 17.4 Å². The highest BCUT2D eigenvalue weighted by Gasteiger charge is 2.19. The molecule has 0 saturated heterocycles. The van der Waals surface area contributed by atoms with Crippen molar-refractivity contribution in [1.82, 2.24) is 0 Å². The quantitative estimate of drug-likeness (QED) is 0.566. The topological polar surface area (TPSA) is 17.1 Å². The summed E-state index contributed by atoms with van der Waals surface area (Å²) in [4.78, 5) is 12.0. The van der Waals surface area contributed by atoms with Gasteiger partial charge in [-0.2, -0.15) is 0 Å². The van der Waals surface area contributed by atoms with E-state index in [1.54, 1.807) is 0 Å². The van der Waals surface area contributed by atoms with E-state index in [9.17, 15) is 4.79 Å². The zero-order chi connectivity index (χ0) is 11.4. The van der Waals surface area contributed by atoms with Crippen molar-refractivity contribution in [3.8, 4) is 0 Å². The Balaban J connectivity index is 1.97. The molecule has 1 aromatic rings. The molecule has 0 amide bonds. The Hall–Kier alpha value is -0.820. The number of carbonyl (C=O) groups excluding carboxylic acids is 1. The second kappa shape index (κ2) is 5.49. The van der Waals surface area contributed by atoms with Crippen LogP contribution in [0.1, 0.15) is 48.0 Å². The molecule has 0 bridgehead atoms. The lowest BCUT2D eigenvalue weighted by molar-refractivity contribution is 0.0962. The Morgan fingerprint density at radius 3 is 2.38 bits per heavy atom. The van der Waals surface area contributed by atoms with Gasteiger partial charge in [0.15, 0.2) is 5.78 Å². The van der Waals surface area contributed by atoms with Crippen LogP contribution in [0.2, 0.25) is 0 Å². The Bertz CT molecular complexity index is 350. The summed E-state index contributed by atoms with van der Waals surface area (Å²) in [6.07, 6.45) is 5.77. The van der Waals surface area contributed by atoms with Crippen LogP contribution >= 0.6 is 11.6 Å². The molecule has 0 unspecified atom stereocenters. The fourth-order valence-corrected chi connectivity index (χ4v) is 2.55. The molecule has 1 saturated carbocycles. The van der Waals surface area contributed by atoms with Crippen LogP contribution in [0.5, 0.6) is 0 Å². The first-order valence-corrected chi connectivity index (χ1v) is 6.51. The van der Waals surface area contributed by atoms with E-state index < -0.39 is 0 Å². The minimum atomic E-state index is 0.285. The number of halogens is 1. The maximum absolute atomic E-state index is 12.0. The summed E-state index contributed by atoms with van der Waals surface area (Å²) in [5, 5.41) is 0. The normalized spacial score (nSPS) is 16.6. The molecular weight excluding hydrogens is 220 g/mol. The molecule has 0 spiro atoms. The summed E-state index contributed by atoms with van der Waals surface area (Å²) >= 11 is 5.71. The monoisotopic (exact) mass is 236 g/mol. The molecule has 2 heteroatoms. The van der Waals surface area contributed by atoms with Crippen LogP contribution in [-0.2, 0) is 5.88 Å². The smallest absolute Gasteiger partial charge is 0.163 e. The van der Waals surface area contributed by atoms with Gasteiger partial charge in [-0.25, -0.2) is 0 Å². The van der Waals surface area contributed by atoms with Crippen molar-refractivity contribution in [3.63, 3.8) is 0 Å². The van der Waals surface area contributed by atoms with Crippen molar-refractivity contribution in [2.75, 3.05) is 0 Å². The molecule has 16 heavy (non-hydrogen) atoms. The van der Waals surface area contributed by atoms with E-state index in [4.69, 9.17) is 11.6 Å². The van der Waals surface area contributed by atoms with Gasteiger partial charge in [0, 0.05) is 17.9 Å². The average Bonchev–Trinajstić information content (AvgIpc) is 2.82. The summed E-state index contributed by atoms with van der Waals surface area (Å²) in [6.45, 7) is 0. The molecule has 0 heterocycles. The lowest BCUT2D eigenvalue weighted by atomic mass is 9.97. The van der Waals surface area contributed by atoms with Gasteiger partial charge in [0.1, 0.15) is 0 Å². The molecule has 0 radical (unpaired) electrons. The van der Waals surface area contributed by atoms with E-state index in [0.717, 1.165) is 17.5 Å². The Morgan fingerprint density at radius 1 is 1.19 bits per heavy atom. The predicted octanol–water partition coefficient (Wildman–Crippen LogP) is 4.19. The molecule has 1 aromatic carbocycles. The van der Waals surface area contributed by atoms with Gasteiger partial charge in [-0.1, -0.05) is 49.9 Å². The van der Waals surface area contributed by atoms with Gasteiger partial charge in [0.2, 0.25) is 0 Å². The van der Waals surface area contributed by atoms with Crippen LogP contribution in [-0.4, -0.2) is 5.78 Å². The maximum atomic E-state index is 12.0. The van der Waals surface area contributed by atoms with Crippen LogP contribution in [0.25, 0.3) is 0 Å². The highest BCUT2D eigenvalue weighted by Crippen LogP contribution is 2.28. The third-order valence-electron chi connectivity index (χ3n) is 3.38. The molecule has 0 N–H and O–H groups in total.